The maximum atomic E-state index is 12.7. The van der Waals surface area contributed by atoms with Crippen molar-refractivity contribution in [3.63, 3.8) is 0 Å². The van der Waals surface area contributed by atoms with Crippen LogP contribution in [0.2, 0.25) is 0 Å². The Labute approximate surface area is 115 Å². The third kappa shape index (κ3) is 2.27. The molecule has 102 valence electrons. The summed E-state index contributed by atoms with van der Waals surface area (Å²) >= 11 is 0. The van der Waals surface area contributed by atoms with Gasteiger partial charge >= 0.3 is 0 Å². The van der Waals surface area contributed by atoms with E-state index in [4.69, 9.17) is 0 Å². The van der Waals surface area contributed by atoms with Crippen LogP contribution in [0.4, 0.5) is 0 Å². The molecule has 0 radical (unpaired) electrons. The van der Waals surface area contributed by atoms with Crippen molar-refractivity contribution in [3.05, 3.63) is 34.9 Å². The molecule has 2 aliphatic heterocycles. The number of amides is 1. The highest BCUT2D eigenvalue weighted by Gasteiger charge is 2.37. The minimum atomic E-state index is 0.210. The summed E-state index contributed by atoms with van der Waals surface area (Å²) < 4.78 is 0. The van der Waals surface area contributed by atoms with Crippen molar-refractivity contribution in [2.75, 3.05) is 19.6 Å². The molecule has 1 N–H and O–H groups in total. The summed E-state index contributed by atoms with van der Waals surface area (Å²) in [6.07, 6.45) is 2.40. The van der Waals surface area contributed by atoms with Gasteiger partial charge in [-0.3, -0.25) is 4.79 Å². The molecule has 1 aromatic carbocycles. The molecule has 0 aromatic heterocycles. The zero-order valence-corrected chi connectivity index (χ0v) is 11.8. The van der Waals surface area contributed by atoms with Crippen LogP contribution < -0.4 is 5.32 Å². The molecule has 0 aliphatic carbocycles. The molecule has 0 saturated carbocycles. The van der Waals surface area contributed by atoms with Crippen LogP contribution in [0.3, 0.4) is 0 Å². The lowest BCUT2D eigenvalue weighted by molar-refractivity contribution is 0.0574. The number of rotatable bonds is 1. The van der Waals surface area contributed by atoms with E-state index in [-0.39, 0.29) is 5.91 Å². The second-order valence-electron chi connectivity index (χ2n) is 5.93. The third-order valence-electron chi connectivity index (χ3n) is 4.69. The molecule has 3 nitrogen and oxygen atoms in total. The minimum Gasteiger partial charge on any atom is -0.334 e. The molecule has 2 fully saturated rings. The zero-order valence-electron chi connectivity index (χ0n) is 11.8. The number of benzene rings is 1. The Kier molecular flexibility index (Phi) is 3.31. The van der Waals surface area contributed by atoms with Gasteiger partial charge in [-0.2, -0.15) is 0 Å². The Bertz CT molecular complexity index is 498. The fraction of sp³-hybridized carbons (Fsp3) is 0.562. The van der Waals surface area contributed by atoms with Gasteiger partial charge < -0.3 is 10.2 Å². The molecule has 0 bridgehead atoms. The van der Waals surface area contributed by atoms with E-state index >= 15 is 0 Å². The number of hydrogen-bond donors (Lipinski definition) is 1. The first kappa shape index (κ1) is 12.7. The molecule has 2 saturated heterocycles. The van der Waals surface area contributed by atoms with E-state index < -0.39 is 0 Å². The maximum Gasteiger partial charge on any atom is 0.254 e. The number of hydrogen-bond acceptors (Lipinski definition) is 2. The van der Waals surface area contributed by atoms with Crippen molar-refractivity contribution in [2.24, 2.45) is 5.92 Å². The molecule has 3 rings (SSSR count). The first-order chi connectivity index (χ1) is 9.16. The van der Waals surface area contributed by atoms with Crippen molar-refractivity contribution in [1.29, 1.82) is 0 Å². The van der Waals surface area contributed by atoms with Gasteiger partial charge in [0.25, 0.3) is 5.91 Å². The minimum absolute atomic E-state index is 0.210. The summed E-state index contributed by atoms with van der Waals surface area (Å²) in [6, 6.07) is 6.46. The number of piperidine rings is 1. The predicted octanol–water partition coefficient (Wildman–Crippen LogP) is 2.13. The van der Waals surface area contributed by atoms with Crippen LogP contribution in [0.1, 0.15) is 34.3 Å². The van der Waals surface area contributed by atoms with Crippen molar-refractivity contribution in [1.82, 2.24) is 10.2 Å². The summed E-state index contributed by atoms with van der Waals surface area (Å²) in [5, 5.41) is 3.43. The molecular formula is C16H22N2O. The number of aryl methyl sites for hydroxylation is 2. The van der Waals surface area contributed by atoms with Crippen LogP contribution in [-0.4, -0.2) is 36.5 Å². The van der Waals surface area contributed by atoms with Gasteiger partial charge in [-0.15, -0.1) is 0 Å². The Morgan fingerprint density at radius 3 is 2.89 bits per heavy atom. The Morgan fingerprint density at radius 2 is 2.11 bits per heavy atom. The van der Waals surface area contributed by atoms with Gasteiger partial charge in [0.2, 0.25) is 0 Å². The van der Waals surface area contributed by atoms with E-state index in [9.17, 15) is 4.79 Å². The predicted molar refractivity (Wildman–Crippen MR) is 76.3 cm³/mol. The topological polar surface area (TPSA) is 32.3 Å². The van der Waals surface area contributed by atoms with Crippen LogP contribution in [0, 0.1) is 19.8 Å². The van der Waals surface area contributed by atoms with Crippen LogP contribution in [-0.2, 0) is 0 Å². The van der Waals surface area contributed by atoms with Gasteiger partial charge in [0.1, 0.15) is 0 Å². The van der Waals surface area contributed by atoms with E-state index in [0.29, 0.717) is 12.0 Å². The highest BCUT2D eigenvalue weighted by Crippen LogP contribution is 2.28. The van der Waals surface area contributed by atoms with Crippen molar-refractivity contribution < 1.29 is 4.79 Å². The molecule has 1 aromatic rings. The quantitative estimate of drug-likeness (QED) is 0.837. The molecule has 0 spiro atoms. The Balaban J connectivity index is 1.84. The van der Waals surface area contributed by atoms with Crippen LogP contribution in [0.15, 0.2) is 18.2 Å². The van der Waals surface area contributed by atoms with Crippen LogP contribution in [0.5, 0.6) is 0 Å². The lowest BCUT2D eigenvalue weighted by Gasteiger charge is -2.37. The average Bonchev–Trinajstić information content (AvgIpc) is 2.89. The van der Waals surface area contributed by atoms with Gasteiger partial charge in [0, 0.05) is 31.2 Å². The number of carbonyl (C=O) groups is 1. The lowest BCUT2D eigenvalue weighted by atomic mass is 9.91. The number of nitrogens with zero attached hydrogens (tertiary/aromatic N) is 1. The molecular weight excluding hydrogens is 236 g/mol. The fourth-order valence-electron chi connectivity index (χ4n) is 3.36. The van der Waals surface area contributed by atoms with E-state index in [1.54, 1.807) is 0 Å². The fourth-order valence-corrected chi connectivity index (χ4v) is 3.36. The number of likely N-dealkylation sites (tertiary alicyclic amines) is 1. The number of carbonyl (C=O) groups excluding carboxylic acids is 1. The lowest BCUT2D eigenvalue weighted by Crippen LogP contribution is -2.48. The van der Waals surface area contributed by atoms with Gasteiger partial charge in [0.15, 0.2) is 0 Å². The highest BCUT2D eigenvalue weighted by atomic mass is 16.2. The largest absolute Gasteiger partial charge is 0.334 e. The van der Waals surface area contributed by atoms with E-state index in [0.717, 1.165) is 31.6 Å². The first-order valence-corrected chi connectivity index (χ1v) is 7.26. The monoisotopic (exact) mass is 258 g/mol. The second-order valence-corrected chi connectivity index (χ2v) is 5.93. The molecule has 2 atom stereocenters. The van der Waals surface area contributed by atoms with Crippen LogP contribution in [0.25, 0.3) is 0 Å². The van der Waals surface area contributed by atoms with E-state index in [2.05, 4.69) is 30.1 Å². The Hall–Kier alpha value is -1.35. The summed E-state index contributed by atoms with van der Waals surface area (Å²) in [5.74, 6) is 0.866. The van der Waals surface area contributed by atoms with Crippen LogP contribution >= 0.6 is 0 Å². The molecule has 2 aliphatic rings. The highest BCUT2D eigenvalue weighted by molar-refractivity contribution is 5.94. The number of nitrogens with one attached hydrogen (secondary N) is 1. The molecule has 2 heterocycles. The second kappa shape index (κ2) is 4.97. The summed E-state index contributed by atoms with van der Waals surface area (Å²) in [6.45, 7) is 7.10. The summed E-state index contributed by atoms with van der Waals surface area (Å²) in [4.78, 5) is 14.8. The smallest absolute Gasteiger partial charge is 0.254 e. The standard InChI is InChI=1S/C16H22N2O/c1-11-5-6-13(8-12(11)2)16(19)18-7-3-4-14-9-17-10-15(14)18/h5-6,8,14-15,17H,3-4,7,9-10H2,1-2H3. The van der Waals surface area contributed by atoms with Crippen molar-refractivity contribution in [3.8, 4) is 0 Å². The molecule has 19 heavy (non-hydrogen) atoms. The van der Waals surface area contributed by atoms with Gasteiger partial charge in [-0.1, -0.05) is 6.07 Å². The third-order valence-corrected chi connectivity index (χ3v) is 4.69. The van der Waals surface area contributed by atoms with Gasteiger partial charge in [-0.05, 0) is 55.9 Å². The first-order valence-electron chi connectivity index (χ1n) is 7.26. The normalized spacial score (nSPS) is 26.3. The number of fused-ring (bicyclic) bond motifs is 1. The van der Waals surface area contributed by atoms with Crippen molar-refractivity contribution >= 4 is 5.91 Å². The van der Waals surface area contributed by atoms with Gasteiger partial charge in [-0.25, -0.2) is 0 Å². The van der Waals surface area contributed by atoms with E-state index in [1.165, 1.54) is 17.5 Å². The van der Waals surface area contributed by atoms with Gasteiger partial charge in [0.05, 0.1) is 0 Å². The molecule has 2 unspecified atom stereocenters. The van der Waals surface area contributed by atoms with E-state index in [1.807, 2.05) is 12.1 Å². The molecule has 1 amide bonds. The Morgan fingerprint density at radius 1 is 1.26 bits per heavy atom. The molecule has 3 heteroatoms. The maximum absolute atomic E-state index is 12.7. The SMILES string of the molecule is Cc1ccc(C(=O)N2CCCC3CNCC32)cc1C. The average molecular weight is 258 g/mol. The summed E-state index contributed by atoms with van der Waals surface area (Å²) in [5.41, 5.74) is 3.29. The van der Waals surface area contributed by atoms with Crippen molar-refractivity contribution in [2.45, 2.75) is 32.7 Å². The zero-order chi connectivity index (χ0) is 13.4. The summed E-state index contributed by atoms with van der Waals surface area (Å²) in [7, 11) is 0.